The van der Waals surface area contributed by atoms with E-state index in [2.05, 4.69) is 0 Å². The van der Waals surface area contributed by atoms with Crippen molar-refractivity contribution in [3.05, 3.63) is 40.2 Å². The molecule has 0 bridgehead atoms. The van der Waals surface area contributed by atoms with Gasteiger partial charge in [0.25, 0.3) is 0 Å². The molecule has 94 valence electrons. The Morgan fingerprint density at radius 3 is 2.83 bits per heavy atom. The van der Waals surface area contributed by atoms with Crippen LogP contribution in [0.4, 0.5) is 0 Å². The minimum absolute atomic E-state index is 0.00488. The summed E-state index contributed by atoms with van der Waals surface area (Å²) in [7, 11) is 0. The van der Waals surface area contributed by atoms with Crippen LogP contribution in [0, 0.1) is 0 Å². The molecule has 6 heteroatoms. The third kappa shape index (κ3) is 2.67. The zero-order valence-corrected chi connectivity index (χ0v) is 9.25. The molecule has 0 fully saturated rings. The van der Waals surface area contributed by atoms with Crippen molar-refractivity contribution in [1.82, 2.24) is 0 Å². The highest BCUT2D eigenvalue weighted by molar-refractivity contribution is 5.81. The van der Waals surface area contributed by atoms with Crippen LogP contribution >= 0.6 is 0 Å². The summed E-state index contributed by atoms with van der Waals surface area (Å²) in [5, 5.41) is 18.5. The number of aromatic hydroxyl groups is 1. The maximum Gasteiger partial charge on any atom is 0.336 e. The number of benzene rings is 1. The van der Waals surface area contributed by atoms with Gasteiger partial charge in [-0.3, -0.25) is 0 Å². The van der Waals surface area contributed by atoms with E-state index >= 15 is 0 Å². The summed E-state index contributed by atoms with van der Waals surface area (Å²) in [5.74, 6) is -1.16. The molecule has 1 heterocycles. The fraction of sp³-hybridized carbons (Fsp3) is 0.167. The fourth-order valence-corrected chi connectivity index (χ4v) is 1.60. The first kappa shape index (κ1) is 12.1. The molecular formula is C12H10O6. The maximum atomic E-state index is 11.1. The first-order valence-electron chi connectivity index (χ1n) is 5.11. The molecule has 0 aliphatic carbocycles. The van der Waals surface area contributed by atoms with E-state index in [0.717, 1.165) is 0 Å². The number of carboxylic acid groups (broad SMARTS) is 1. The number of rotatable bonds is 4. The van der Waals surface area contributed by atoms with Crippen molar-refractivity contribution in [2.75, 3.05) is 6.61 Å². The number of hydrogen-bond donors (Lipinski definition) is 2. The number of aliphatic carboxylic acids is 1. The van der Waals surface area contributed by atoms with Gasteiger partial charge in [0, 0.05) is 17.5 Å². The lowest BCUT2D eigenvalue weighted by atomic mass is 10.1. The Kier molecular flexibility index (Phi) is 3.29. The molecule has 0 saturated heterocycles. The van der Waals surface area contributed by atoms with E-state index < -0.39 is 18.2 Å². The molecule has 1 aromatic carbocycles. The molecule has 0 aliphatic rings. The summed E-state index contributed by atoms with van der Waals surface area (Å²) in [6.07, 6.45) is 0. The lowest BCUT2D eigenvalue weighted by molar-refractivity contribution is -0.142. The lowest BCUT2D eigenvalue weighted by Crippen LogP contribution is -2.07. The summed E-state index contributed by atoms with van der Waals surface area (Å²) < 4.78 is 9.87. The number of hydrogen-bond acceptors (Lipinski definition) is 5. The van der Waals surface area contributed by atoms with E-state index in [-0.39, 0.29) is 17.9 Å². The van der Waals surface area contributed by atoms with Gasteiger partial charge in [-0.2, -0.15) is 0 Å². The molecule has 1 aromatic heterocycles. The summed E-state index contributed by atoms with van der Waals surface area (Å²) in [4.78, 5) is 21.4. The third-order valence-corrected chi connectivity index (χ3v) is 2.29. The second kappa shape index (κ2) is 4.89. The molecule has 6 nitrogen and oxygen atoms in total. The summed E-state index contributed by atoms with van der Waals surface area (Å²) >= 11 is 0. The van der Waals surface area contributed by atoms with Crippen molar-refractivity contribution >= 4 is 16.9 Å². The predicted molar refractivity (Wildman–Crippen MR) is 61.4 cm³/mol. The first-order chi connectivity index (χ1) is 8.56. The normalized spacial score (nSPS) is 10.7. The molecule has 0 atom stereocenters. The highest BCUT2D eigenvalue weighted by Gasteiger charge is 2.07. The number of carboxylic acids is 1. The van der Waals surface area contributed by atoms with Gasteiger partial charge < -0.3 is 19.4 Å². The average Bonchev–Trinajstić information content (AvgIpc) is 2.27. The molecule has 2 aromatic rings. The Balaban J connectivity index is 2.36. The maximum absolute atomic E-state index is 11.1. The molecule has 0 spiro atoms. The van der Waals surface area contributed by atoms with Gasteiger partial charge in [-0.25, -0.2) is 9.59 Å². The Labute approximate surface area is 101 Å². The second-order valence-corrected chi connectivity index (χ2v) is 3.66. The van der Waals surface area contributed by atoms with Crippen LogP contribution in [0.1, 0.15) is 5.56 Å². The summed E-state index contributed by atoms with van der Waals surface area (Å²) in [5.41, 5.74) is 0.261. The van der Waals surface area contributed by atoms with Crippen LogP contribution < -0.4 is 5.63 Å². The Morgan fingerprint density at radius 2 is 2.11 bits per heavy atom. The van der Waals surface area contributed by atoms with Crippen molar-refractivity contribution in [2.45, 2.75) is 6.61 Å². The molecule has 0 amide bonds. The van der Waals surface area contributed by atoms with E-state index in [4.69, 9.17) is 14.3 Å². The monoisotopic (exact) mass is 250 g/mol. The van der Waals surface area contributed by atoms with Gasteiger partial charge in [-0.15, -0.1) is 0 Å². The minimum atomic E-state index is -1.08. The van der Waals surface area contributed by atoms with Gasteiger partial charge in [0.05, 0.1) is 6.61 Å². The van der Waals surface area contributed by atoms with Crippen LogP contribution in [0.15, 0.2) is 33.5 Å². The zero-order valence-electron chi connectivity index (χ0n) is 9.25. The topological polar surface area (TPSA) is 97.0 Å². The molecule has 2 rings (SSSR count). The third-order valence-electron chi connectivity index (χ3n) is 2.29. The highest BCUT2D eigenvalue weighted by Crippen LogP contribution is 2.24. The average molecular weight is 250 g/mol. The van der Waals surface area contributed by atoms with Crippen molar-refractivity contribution in [1.29, 1.82) is 0 Å². The van der Waals surface area contributed by atoms with Crippen molar-refractivity contribution in [2.24, 2.45) is 0 Å². The first-order valence-corrected chi connectivity index (χ1v) is 5.11. The molecular weight excluding hydrogens is 240 g/mol. The van der Waals surface area contributed by atoms with Crippen molar-refractivity contribution < 1.29 is 24.2 Å². The van der Waals surface area contributed by atoms with E-state index in [0.29, 0.717) is 10.9 Å². The Hall–Kier alpha value is -2.34. The minimum Gasteiger partial charge on any atom is -0.508 e. The SMILES string of the molecule is O=C(O)COCc1cc(O)cc2oc(=O)ccc12. The summed E-state index contributed by atoms with van der Waals surface area (Å²) in [6, 6.07) is 5.54. The van der Waals surface area contributed by atoms with Gasteiger partial charge >= 0.3 is 11.6 Å². The largest absolute Gasteiger partial charge is 0.508 e. The number of phenolic OH excluding ortho intramolecular Hbond substituents is 1. The Morgan fingerprint density at radius 1 is 1.33 bits per heavy atom. The Bertz CT molecular complexity index is 643. The molecule has 0 unspecified atom stereocenters. The standard InChI is InChI=1S/C12H10O6/c13-8-3-7(5-17-6-11(14)15)9-1-2-12(16)18-10(9)4-8/h1-4,13H,5-6H2,(H,14,15). The van der Waals surface area contributed by atoms with Crippen LogP contribution in [0.25, 0.3) is 11.0 Å². The van der Waals surface area contributed by atoms with Gasteiger partial charge in [0.15, 0.2) is 0 Å². The van der Waals surface area contributed by atoms with Crippen LogP contribution in [0.2, 0.25) is 0 Å². The van der Waals surface area contributed by atoms with E-state index in [1.54, 1.807) is 6.07 Å². The van der Waals surface area contributed by atoms with Gasteiger partial charge in [0.2, 0.25) is 0 Å². The smallest absolute Gasteiger partial charge is 0.336 e. The van der Waals surface area contributed by atoms with Gasteiger partial charge in [-0.05, 0) is 17.7 Å². The van der Waals surface area contributed by atoms with Crippen LogP contribution in [-0.4, -0.2) is 22.8 Å². The number of phenols is 1. The number of fused-ring (bicyclic) bond motifs is 1. The molecule has 2 N–H and O–H groups in total. The molecule has 0 saturated carbocycles. The van der Waals surface area contributed by atoms with Crippen molar-refractivity contribution in [3.8, 4) is 5.75 Å². The molecule has 0 radical (unpaired) electrons. The zero-order chi connectivity index (χ0) is 13.1. The van der Waals surface area contributed by atoms with Crippen LogP contribution in [0.3, 0.4) is 0 Å². The highest BCUT2D eigenvalue weighted by atomic mass is 16.5. The number of ether oxygens (including phenoxy) is 1. The number of carbonyl (C=O) groups is 1. The van der Waals surface area contributed by atoms with E-state index in [9.17, 15) is 14.7 Å². The summed E-state index contributed by atoms with van der Waals surface area (Å²) in [6.45, 7) is -0.432. The molecule has 0 aliphatic heterocycles. The van der Waals surface area contributed by atoms with Crippen molar-refractivity contribution in [3.63, 3.8) is 0 Å². The second-order valence-electron chi connectivity index (χ2n) is 3.66. The van der Waals surface area contributed by atoms with E-state index in [1.807, 2.05) is 0 Å². The van der Waals surface area contributed by atoms with E-state index in [1.165, 1.54) is 18.2 Å². The van der Waals surface area contributed by atoms with Crippen LogP contribution in [-0.2, 0) is 16.1 Å². The molecule has 18 heavy (non-hydrogen) atoms. The van der Waals surface area contributed by atoms with Gasteiger partial charge in [-0.1, -0.05) is 0 Å². The van der Waals surface area contributed by atoms with Crippen LogP contribution in [0.5, 0.6) is 5.75 Å². The van der Waals surface area contributed by atoms with Gasteiger partial charge in [0.1, 0.15) is 17.9 Å². The predicted octanol–water partition coefficient (Wildman–Crippen LogP) is 1.10. The lowest BCUT2D eigenvalue weighted by Gasteiger charge is -2.06. The quantitative estimate of drug-likeness (QED) is 0.788. The fourth-order valence-electron chi connectivity index (χ4n) is 1.60.